The Labute approximate surface area is 155 Å². The molecule has 4 rings (SSSR count). The molecule has 4 aromatic rings. The van der Waals surface area contributed by atoms with Crippen LogP contribution in [-0.2, 0) is 5.33 Å². The Hall–Kier alpha value is -2.65. The van der Waals surface area contributed by atoms with Gasteiger partial charge in [0, 0.05) is 16.5 Å². The molecular formula is C22H17BrN2. The van der Waals surface area contributed by atoms with Crippen molar-refractivity contribution in [2.24, 2.45) is 0 Å². The first-order valence-corrected chi connectivity index (χ1v) is 9.35. The Morgan fingerprint density at radius 1 is 0.680 bits per heavy atom. The number of para-hydroxylation sites is 1. The van der Waals surface area contributed by atoms with Crippen molar-refractivity contribution in [2.45, 2.75) is 5.33 Å². The zero-order chi connectivity index (χ0) is 17.1. The van der Waals surface area contributed by atoms with Crippen LogP contribution in [0.25, 0.3) is 28.1 Å². The Balaban J connectivity index is 2.05. The number of benzene rings is 3. The van der Waals surface area contributed by atoms with E-state index in [1.807, 2.05) is 35.0 Å². The van der Waals surface area contributed by atoms with Crippen molar-refractivity contribution < 1.29 is 0 Å². The summed E-state index contributed by atoms with van der Waals surface area (Å²) in [6, 6.07) is 31.2. The van der Waals surface area contributed by atoms with Gasteiger partial charge in [-0.05, 0) is 17.7 Å². The molecule has 0 aliphatic carbocycles. The van der Waals surface area contributed by atoms with E-state index in [0.29, 0.717) is 5.33 Å². The van der Waals surface area contributed by atoms with Crippen LogP contribution in [0.15, 0.2) is 91.0 Å². The fourth-order valence-electron chi connectivity index (χ4n) is 3.08. The SMILES string of the molecule is BrCc1nn(-c2ccccc2)c(-c2ccccc2)c1-c1ccccc1. The lowest BCUT2D eigenvalue weighted by Crippen LogP contribution is -1.99. The third-order valence-electron chi connectivity index (χ3n) is 4.19. The van der Waals surface area contributed by atoms with Gasteiger partial charge in [-0.15, -0.1) is 0 Å². The van der Waals surface area contributed by atoms with Crippen molar-refractivity contribution in [3.8, 4) is 28.1 Å². The van der Waals surface area contributed by atoms with Gasteiger partial charge in [0.05, 0.1) is 17.1 Å². The highest BCUT2D eigenvalue weighted by Crippen LogP contribution is 2.37. The van der Waals surface area contributed by atoms with Crippen LogP contribution in [0.1, 0.15) is 5.69 Å². The Morgan fingerprint density at radius 2 is 1.20 bits per heavy atom. The van der Waals surface area contributed by atoms with E-state index in [4.69, 9.17) is 5.10 Å². The summed E-state index contributed by atoms with van der Waals surface area (Å²) in [5.74, 6) is 0. The lowest BCUT2D eigenvalue weighted by atomic mass is 9.99. The van der Waals surface area contributed by atoms with Crippen LogP contribution < -0.4 is 0 Å². The predicted octanol–water partition coefficient (Wildman–Crippen LogP) is 6.10. The minimum Gasteiger partial charge on any atom is -0.232 e. The van der Waals surface area contributed by atoms with Gasteiger partial charge in [-0.1, -0.05) is 94.8 Å². The van der Waals surface area contributed by atoms with Gasteiger partial charge in [0.1, 0.15) is 0 Å². The van der Waals surface area contributed by atoms with Crippen molar-refractivity contribution in [2.75, 3.05) is 0 Å². The molecule has 0 aliphatic heterocycles. The van der Waals surface area contributed by atoms with Gasteiger partial charge in [0.2, 0.25) is 0 Å². The average molecular weight is 389 g/mol. The van der Waals surface area contributed by atoms with E-state index < -0.39 is 0 Å². The quantitative estimate of drug-likeness (QED) is 0.386. The van der Waals surface area contributed by atoms with Crippen molar-refractivity contribution in [1.82, 2.24) is 9.78 Å². The molecule has 0 saturated heterocycles. The molecule has 0 unspecified atom stereocenters. The number of aromatic nitrogens is 2. The first-order valence-electron chi connectivity index (χ1n) is 8.22. The summed E-state index contributed by atoms with van der Waals surface area (Å²) in [6.07, 6.45) is 0. The molecule has 0 spiro atoms. The van der Waals surface area contributed by atoms with Crippen LogP contribution >= 0.6 is 15.9 Å². The highest BCUT2D eigenvalue weighted by atomic mass is 79.9. The molecule has 1 aromatic heterocycles. The third kappa shape index (κ3) is 3.03. The zero-order valence-electron chi connectivity index (χ0n) is 13.6. The van der Waals surface area contributed by atoms with Gasteiger partial charge in [-0.25, -0.2) is 4.68 Å². The first-order chi connectivity index (χ1) is 12.4. The number of nitrogens with zero attached hydrogens (tertiary/aromatic N) is 2. The summed E-state index contributed by atoms with van der Waals surface area (Å²) in [4.78, 5) is 0. The van der Waals surface area contributed by atoms with E-state index in [9.17, 15) is 0 Å². The van der Waals surface area contributed by atoms with Crippen molar-refractivity contribution in [1.29, 1.82) is 0 Å². The Kier molecular flexibility index (Phi) is 4.49. The lowest BCUT2D eigenvalue weighted by molar-refractivity contribution is 0.867. The summed E-state index contributed by atoms with van der Waals surface area (Å²) in [7, 11) is 0. The molecule has 3 aromatic carbocycles. The maximum Gasteiger partial charge on any atom is 0.0822 e. The predicted molar refractivity (Wildman–Crippen MR) is 107 cm³/mol. The van der Waals surface area contributed by atoms with Crippen molar-refractivity contribution >= 4 is 15.9 Å². The molecule has 0 atom stereocenters. The van der Waals surface area contributed by atoms with Crippen molar-refractivity contribution in [3.05, 3.63) is 96.7 Å². The van der Waals surface area contributed by atoms with Gasteiger partial charge in [0.15, 0.2) is 0 Å². The Bertz CT molecular complexity index is 961. The molecule has 0 amide bonds. The molecule has 2 nitrogen and oxygen atoms in total. The summed E-state index contributed by atoms with van der Waals surface area (Å²) in [6.45, 7) is 0. The first kappa shape index (κ1) is 15.9. The van der Waals surface area contributed by atoms with E-state index in [2.05, 4.69) is 76.6 Å². The Morgan fingerprint density at radius 3 is 1.76 bits per heavy atom. The highest BCUT2D eigenvalue weighted by Gasteiger charge is 2.20. The second-order valence-corrected chi connectivity index (χ2v) is 6.34. The second kappa shape index (κ2) is 7.08. The smallest absolute Gasteiger partial charge is 0.0822 e. The van der Waals surface area contributed by atoms with Crippen LogP contribution in [0.5, 0.6) is 0 Å². The molecule has 1 heterocycles. The molecule has 0 N–H and O–H groups in total. The molecule has 0 aliphatic rings. The summed E-state index contributed by atoms with van der Waals surface area (Å²) in [5, 5.41) is 5.63. The fraction of sp³-hybridized carbons (Fsp3) is 0.0455. The minimum atomic E-state index is 0.705. The van der Waals surface area contributed by atoms with Crippen LogP contribution in [-0.4, -0.2) is 9.78 Å². The van der Waals surface area contributed by atoms with Gasteiger partial charge in [0.25, 0.3) is 0 Å². The lowest BCUT2D eigenvalue weighted by Gasteiger charge is -2.10. The number of hydrogen-bond donors (Lipinski definition) is 0. The van der Waals surface area contributed by atoms with Crippen molar-refractivity contribution in [3.63, 3.8) is 0 Å². The van der Waals surface area contributed by atoms with Crippen LogP contribution in [0.2, 0.25) is 0 Å². The van der Waals surface area contributed by atoms with Gasteiger partial charge < -0.3 is 0 Å². The van der Waals surface area contributed by atoms with E-state index >= 15 is 0 Å². The molecule has 0 saturated carbocycles. The summed E-state index contributed by atoms with van der Waals surface area (Å²) in [5.41, 5.74) is 6.72. The van der Waals surface area contributed by atoms with Gasteiger partial charge in [-0.2, -0.15) is 5.10 Å². The highest BCUT2D eigenvalue weighted by molar-refractivity contribution is 9.08. The van der Waals surface area contributed by atoms with E-state index in [1.54, 1.807) is 0 Å². The monoisotopic (exact) mass is 388 g/mol. The molecule has 122 valence electrons. The second-order valence-electron chi connectivity index (χ2n) is 5.78. The molecule has 0 radical (unpaired) electrons. The van der Waals surface area contributed by atoms with Crippen LogP contribution in [0.3, 0.4) is 0 Å². The van der Waals surface area contributed by atoms with Crippen LogP contribution in [0, 0.1) is 0 Å². The molecule has 25 heavy (non-hydrogen) atoms. The third-order valence-corrected chi connectivity index (χ3v) is 4.73. The standard InChI is InChI=1S/C22H17BrN2/c23-16-20-21(17-10-4-1-5-11-17)22(18-12-6-2-7-13-18)25(24-20)19-14-8-3-9-15-19/h1-15H,16H2. The maximum atomic E-state index is 4.92. The van der Waals surface area contributed by atoms with E-state index in [0.717, 1.165) is 22.6 Å². The fourth-order valence-corrected chi connectivity index (χ4v) is 3.48. The molecule has 3 heteroatoms. The largest absolute Gasteiger partial charge is 0.232 e. The van der Waals surface area contributed by atoms with Gasteiger partial charge >= 0.3 is 0 Å². The minimum absolute atomic E-state index is 0.705. The average Bonchev–Trinajstić information content (AvgIpc) is 3.10. The molecule has 0 fully saturated rings. The number of alkyl halides is 1. The maximum absolute atomic E-state index is 4.92. The van der Waals surface area contributed by atoms with E-state index in [-0.39, 0.29) is 0 Å². The number of halogens is 1. The van der Waals surface area contributed by atoms with Crippen LogP contribution in [0.4, 0.5) is 0 Å². The summed E-state index contributed by atoms with van der Waals surface area (Å²) >= 11 is 3.62. The summed E-state index contributed by atoms with van der Waals surface area (Å²) < 4.78 is 2.05. The number of rotatable bonds is 4. The normalized spacial score (nSPS) is 10.8. The zero-order valence-corrected chi connectivity index (χ0v) is 15.2. The van der Waals surface area contributed by atoms with E-state index in [1.165, 1.54) is 11.1 Å². The topological polar surface area (TPSA) is 17.8 Å². The molecular weight excluding hydrogens is 372 g/mol. The number of hydrogen-bond acceptors (Lipinski definition) is 1. The van der Waals surface area contributed by atoms with Gasteiger partial charge in [-0.3, -0.25) is 0 Å². The molecule has 0 bridgehead atoms.